The molecule has 2 heterocycles. The van der Waals surface area contributed by atoms with Crippen LogP contribution in [0.25, 0.3) is 0 Å². The zero-order chi connectivity index (χ0) is 14.8. The summed E-state index contributed by atoms with van der Waals surface area (Å²) in [5.41, 5.74) is 1.31. The van der Waals surface area contributed by atoms with Gasteiger partial charge in [-0.15, -0.1) is 0 Å². The van der Waals surface area contributed by atoms with Crippen LogP contribution in [0.3, 0.4) is 0 Å². The highest BCUT2D eigenvalue weighted by atomic mass is 16.4. The van der Waals surface area contributed by atoms with E-state index in [4.69, 9.17) is 10.0 Å². The van der Waals surface area contributed by atoms with Crippen molar-refractivity contribution in [3.63, 3.8) is 0 Å². The van der Waals surface area contributed by atoms with E-state index >= 15 is 0 Å². The van der Waals surface area contributed by atoms with Crippen molar-refractivity contribution in [3.8, 4) is 0 Å². The number of pyridine rings is 1. The van der Waals surface area contributed by atoms with Crippen molar-refractivity contribution >= 4 is 18.5 Å². The lowest BCUT2D eigenvalue weighted by atomic mass is 9.82. The molecule has 7 heteroatoms. The summed E-state index contributed by atoms with van der Waals surface area (Å²) in [6, 6.07) is 3.50. The summed E-state index contributed by atoms with van der Waals surface area (Å²) >= 11 is 0. The second-order valence-corrected chi connectivity index (χ2v) is 5.83. The summed E-state index contributed by atoms with van der Waals surface area (Å²) in [5, 5.41) is 18.1. The lowest BCUT2D eigenvalue weighted by Gasteiger charge is -2.34. The number of carbonyl (C=O) groups excluding carboxylic acids is 1. The molecule has 0 bridgehead atoms. The molecule has 1 aliphatic carbocycles. The molecule has 6 nitrogen and oxygen atoms in total. The van der Waals surface area contributed by atoms with Gasteiger partial charge in [-0.25, -0.2) is 0 Å². The third kappa shape index (κ3) is 3.61. The van der Waals surface area contributed by atoms with Gasteiger partial charge in [0.2, 0.25) is 5.91 Å². The van der Waals surface area contributed by atoms with Gasteiger partial charge in [-0.3, -0.25) is 14.7 Å². The number of amides is 1. The van der Waals surface area contributed by atoms with Crippen molar-refractivity contribution in [1.82, 2.24) is 14.8 Å². The normalized spacial score (nSPS) is 19.6. The van der Waals surface area contributed by atoms with E-state index in [0.29, 0.717) is 17.3 Å². The molecule has 1 saturated carbocycles. The van der Waals surface area contributed by atoms with Crippen LogP contribution in [0, 0.1) is 5.92 Å². The van der Waals surface area contributed by atoms with Gasteiger partial charge in [-0.05, 0) is 18.9 Å². The summed E-state index contributed by atoms with van der Waals surface area (Å²) in [6.07, 6.45) is 3.62. The van der Waals surface area contributed by atoms with Gasteiger partial charge in [0.25, 0.3) is 0 Å². The van der Waals surface area contributed by atoms with E-state index in [9.17, 15) is 4.79 Å². The lowest BCUT2D eigenvalue weighted by molar-refractivity contribution is -0.134. The average molecular weight is 289 g/mol. The molecule has 0 atom stereocenters. The first-order chi connectivity index (χ1) is 10.1. The summed E-state index contributed by atoms with van der Waals surface area (Å²) < 4.78 is 0. The molecular formula is C14H20BN3O3. The topological polar surface area (TPSA) is 76.9 Å². The minimum absolute atomic E-state index is 0.302. The molecular weight excluding hydrogens is 269 g/mol. The maximum atomic E-state index is 12.0. The van der Waals surface area contributed by atoms with E-state index in [-0.39, 0.29) is 0 Å². The van der Waals surface area contributed by atoms with Crippen molar-refractivity contribution in [2.75, 3.05) is 26.2 Å². The van der Waals surface area contributed by atoms with Crippen LogP contribution >= 0.6 is 0 Å². The Morgan fingerprint density at radius 3 is 2.48 bits per heavy atom. The maximum Gasteiger partial charge on any atom is 0.490 e. The predicted molar refractivity (Wildman–Crippen MR) is 78.6 cm³/mol. The van der Waals surface area contributed by atoms with E-state index < -0.39 is 7.12 Å². The van der Waals surface area contributed by atoms with E-state index in [2.05, 4.69) is 9.88 Å². The number of nitrogens with zero attached hydrogens (tertiary/aromatic N) is 3. The first-order valence-corrected chi connectivity index (χ1v) is 7.45. The van der Waals surface area contributed by atoms with Crippen molar-refractivity contribution in [2.24, 2.45) is 5.92 Å². The summed E-state index contributed by atoms with van der Waals surface area (Å²) in [7, 11) is -1.47. The summed E-state index contributed by atoms with van der Waals surface area (Å²) in [5.74, 6) is 0.629. The van der Waals surface area contributed by atoms with E-state index in [0.717, 1.165) is 51.3 Å². The molecule has 2 aliphatic rings. The monoisotopic (exact) mass is 289 g/mol. The van der Waals surface area contributed by atoms with Crippen LogP contribution in [0.5, 0.6) is 0 Å². The molecule has 2 fully saturated rings. The van der Waals surface area contributed by atoms with Crippen molar-refractivity contribution in [3.05, 3.63) is 24.0 Å². The van der Waals surface area contributed by atoms with Crippen molar-refractivity contribution in [2.45, 2.75) is 19.4 Å². The molecule has 0 radical (unpaired) electrons. The molecule has 0 unspecified atom stereocenters. The fraction of sp³-hybridized carbons (Fsp3) is 0.571. The largest absolute Gasteiger partial charge is 0.490 e. The Kier molecular flexibility index (Phi) is 4.23. The minimum atomic E-state index is -1.47. The Balaban J connectivity index is 1.49. The summed E-state index contributed by atoms with van der Waals surface area (Å²) in [4.78, 5) is 20.5. The SMILES string of the molecule is O=C(C1CC1)N1CCN(Cc2ccc(B(O)O)cn2)CC1. The van der Waals surface area contributed by atoms with Gasteiger partial charge >= 0.3 is 7.12 Å². The average Bonchev–Trinajstić information content (AvgIpc) is 3.32. The van der Waals surface area contributed by atoms with Crippen LogP contribution in [-0.2, 0) is 11.3 Å². The fourth-order valence-electron chi connectivity index (χ4n) is 2.63. The first-order valence-electron chi connectivity index (χ1n) is 7.45. The number of aromatic nitrogens is 1. The number of carbonyl (C=O) groups is 1. The second kappa shape index (κ2) is 6.13. The number of piperazine rings is 1. The first kappa shape index (κ1) is 14.5. The van der Waals surface area contributed by atoms with Crippen LogP contribution in [0.15, 0.2) is 18.3 Å². The molecule has 3 rings (SSSR count). The second-order valence-electron chi connectivity index (χ2n) is 5.83. The molecule has 2 N–H and O–H groups in total. The van der Waals surface area contributed by atoms with Gasteiger partial charge in [0.15, 0.2) is 0 Å². The molecule has 1 aromatic rings. The Labute approximate surface area is 124 Å². The van der Waals surface area contributed by atoms with Gasteiger partial charge in [-0.1, -0.05) is 6.07 Å². The lowest BCUT2D eigenvalue weighted by Crippen LogP contribution is -2.48. The standard InChI is InChI=1S/C14H20BN3O3/c19-14(11-1-2-11)18-7-5-17(6-8-18)10-13-4-3-12(9-16-13)15(20)21/h3-4,9,11,20-21H,1-2,5-8,10H2. The Morgan fingerprint density at radius 1 is 1.24 bits per heavy atom. The fourth-order valence-corrected chi connectivity index (χ4v) is 2.63. The van der Waals surface area contributed by atoms with Gasteiger partial charge < -0.3 is 14.9 Å². The highest BCUT2D eigenvalue weighted by molar-refractivity contribution is 6.58. The summed E-state index contributed by atoms with van der Waals surface area (Å²) in [6.45, 7) is 4.05. The molecule has 0 aromatic carbocycles. The van der Waals surface area contributed by atoms with Crippen LogP contribution in [-0.4, -0.2) is 64.0 Å². The van der Waals surface area contributed by atoms with Crippen LogP contribution in [0.4, 0.5) is 0 Å². The Hall–Kier alpha value is -1.44. The van der Waals surface area contributed by atoms with Crippen LogP contribution in [0.1, 0.15) is 18.5 Å². The van der Waals surface area contributed by atoms with E-state index in [1.54, 1.807) is 6.07 Å². The smallest absolute Gasteiger partial charge is 0.423 e. The number of rotatable bonds is 4. The van der Waals surface area contributed by atoms with Crippen molar-refractivity contribution < 1.29 is 14.8 Å². The molecule has 21 heavy (non-hydrogen) atoms. The molecule has 112 valence electrons. The van der Waals surface area contributed by atoms with E-state index in [1.165, 1.54) is 6.20 Å². The highest BCUT2D eigenvalue weighted by Gasteiger charge is 2.34. The van der Waals surface area contributed by atoms with Gasteiger partial charge in [0, 0.05) is 50.3 Å². The van der Waals surface area contributed by atoms with Crippen molar-refractivity contribution in [1.29, 1.82) is 0 Å². The van der Waals surface area contributed by atoms with Crippen LogP contribution in [0.2, 0.25) is 0 Å². The van der Waals surface area contributed by atoms with E-state index in [1.807, 2.05) is 11.0 Å². The Bertz CT molecular complexity index is 497. The number of hydrogen-bond acceptors (Lipinski definition) is 5. The predicted octanol–water partition coefficient (Wildman–Crippen LogP) is -1.18. The highest BCUT2D eigenvalue weighted by Crippen LogP contribution is 2.31. The van der Waals surface area contributed by atoms with Gasteiger partial charge in [-0.2, -0.15) is 0 Å². The molecule has 1 aromatic heterocycles. The number of hydrogen-bond donors (Lipinski definition) is 2. The third-order valence-electron chi connectivity index (χ3n) is 4.14. The molecule has 1 aliphatic heterocycles. The maximum absolute atomic E-state index is 12.0. The minimum Gasteiger partial charge on any atom is -0.423 e. The quantitative estimate of drug-likeness (QED) is 0.682. The molecule has 1 amide bonds. The van der Waals surface area contributed by atoms with Gasteiger partial charge in [0.1, 0.15) is 0 Å². The zero-order valence-electron chi connectivity index (χ0n) is 12.0. The Morgan fingerprint density at radius 2 is 1.95 bits per heavy atom. The molecule has 1 saturated heterocycles. The van der Waals surface area contributed by atoms with Crippen LogP contribution < -0.4 is 5.46 Å². The third-order valence-corrected chi connectivity index (χ3v) is 4.14. The van der Waals surface area contributed by atoms with Gasteiger partial charge in [0.05, 0.1) is 5.69 Å². The molecule has 0 spiro atoms. The zero-order valence-corrected chi connectivity index (χ0v) is 12.0.